The van der Waals surface area contributed by atoms with Gasteiger partial charge in [-0.25, -0.2) is 9.97 Å². The minimum absolute atomic E-state index is 0.0302. The fourth-order valence-electron chi connectivity index (χ4n) is 15.1. The van der Waals surface area contributed by atoms with E-state index in [0.717, 1.165) is 106 Å². The highest BCUT2D eigenvalue weighted by Gasteiger charge is 2.55. The highest BCUT2D eigenvalue weighted by molar-refractivity contribution is 6.27. The van der Waals surface area contributed by atoms with Crippen molar-refractivity contribution in [3.8, 4) is 44.5 Å². The number of pyridine rings is 2. The largest absolute Gasteiger partial charge is 0.455 e. The van der Waals surface area contributed by atoms with Crippen LogP contribution in [0.1, 0.15) is 97.2 Å². The highest BCUT2D eigenvalue weighted by atomic mass is 16.3. The van der Waals surface area contributed by atoms with E-state index in [4.69, 9.17) is 14.4 Å². The molecule has 0 atom stereocenters. The van der Waals surface area contributed by atoms with Gasteiger partial charge in [0.15, 0.2) is 0 Å². The molecule has 0 amide bonds. The Kier molecular flexibility index (Phi) is 12.4. The first-order valence-electron chi connectivity index (χ1n) is 31.6. The molecule has 3 aromatic heterocycles. The van der Waals surface area contributed by atoms with Crippen molar-refractivity contribution in [2.75, 3.05) is 9.80 Å². The van der Waals surface area contributed by atoms with Gasteiger partial charge in [-0.15, -0.1) is 0 Å². The van der Waals surface area contributed by atoms with Crippen molar-refractivity contribution in [1.82, 2.24) is 9.97 Å². The van der Waals surface area contributed by atoms with Gasteiger partial charge < -0.3 is 4.42 Å². The van der Waals surface area contributed by atoms with E-state index in [1.54, 1.807) is 0 Å². The molecule has 5 nitrogen and oxygen atoms in total. The van der Waals surface area contributed by atoms with E-state index in [-0.39, 0.29) is 10.8 Å². The molecule has 0 unspecified atom stereocenters. The van der Waals surface area contributed by atoms with Gasteiger partial charge in [-0.1, -0.05) is 211 Å². The van der Waals surface area contributed by atoms with Crippen LogP contribution in [0, 0.1) is 27.7 Å². The molecule has 0 aliphatic heterocycles. The van der Waals surface area contributed by atoms with E-state index in [1.165, 1.54) is 72.0 Å². The molecule has 0 fully saturated rings. The Balaban J connectivity index is 1.05. The molecule has 0 saturated heterocycles. The highest BCUT2D eigenvalue weighted by Crippen LogP contribution is 2.68. The molecular formula is C85H70N4O. The normalized spacial score (nSPS) is 13.1. The Morgan fingerprint density at radius 2 is 0.833 bits per heavy atom. The summed E-state index contributed by atoms with van der Waals surface area (Å²) >= 11 is 0. The van der Waals surface area contributed by atoms with Crippen LogP contribution in [0.3, 0.4) is 0 Å². The number of nitrogens with zero attached hydrogens (tertiary/aromatic N) is 4. The molecule has 0 bridgehead atoms. The number of aromatic nitrogens is 2. The van der Waals surface area contributed by atoms with Crippen molar-refractivity contribution < 1.29 is 4.42 Å². The Morgan fingerprint density at radius 1 is 0.367 bits per heavy atom. The van der Waals surface area contributed by atoms with Crippen molar-refractivity contribution >= 4 is 77.9 Å². The number of para-hydroxylation sites is 1. The van der Waals surface area contributed by atoms with Crippen molar-refractivity contribution in [2.24, 2.45) is 0 Å². The molecule has 436 valence electrons. The van der Waals surface area contributed by atoms with Crippen molar-refractivity contribution in [1.29, 1.82) is 0 Å². The molecule has 3 heterocycles. The van der Waals surface area contributed by atoms with Crippen LogP contribution >= 0.6 is 0 Å². The Hall–Kier alpha value is -10.4. The summed E-state index contributed by atoms with van der Waals surface area (Å²) in [6.45, 7) is 22.4. The third-order valence-electron chi connectivity index (χ3n) is 19.4. The summed E-state index contributed by atoms with van der Waals surface area (Å²) < 4.78 is 7.65. The van der Waals surface area contributed by atoms with Crippen molar-refractivity contribution in [2.45, 2.75) is 85.5 Å². The number of rotatable bonds is 8. The van der Waals surface area contributed by atoms with Crippen LogP contribution < -0.4 is 9.80 Å². The molecule has 0 N–H and O–H groups in total. The van der Waals surface area contributed by atoms with Gasteiger partial charge in [-0.05, 0) is 204 Å². The van der Waals surface area contributed by atoms with E-state index in [1.807, 2.05) is 12.4 Å². The Labute approximate surface area is 527 Å². The van der Waals surface area contributed by atoms with Crippen LogP contribution in [0.2, 0.25) is 0 Å². The van der Waals surface area contributed by atoms with Crippen LogP contribution in [0.25, 0.3) is 88.0 Å². The summed E-state index contributed by atoms with van der Waals surface area (Å²) in [5.41, 5.74) is 26.0. The molecule has 90 heavy (non-hydrogen) atoms. The minimum Gasteiger partial charge on any atom is -0.455 e. The number of fused-ring (bicyclic) bond motifs is 19. The summed E-state index contributed by atoms with van der Waals surface area (Å²) in [5, 5.41) is 6.74. The zero-order valence-electron chi connectivity index (χ0n) is 52.8. The van der Waals surface area contributed by atoms with Crippen molar-refractivity contribution in [3.05, 3.63) is 299 Å². The van der Waals surface area contributed by atoms with E-state index >= 15 is 0 Å². The van der Waals surface area contributed by atoms with Gasteiger partial charge in [-0.2, -0.15) is 0 Å². The molecule has 0 saturated carbocycles. The third-order valence-corrected chi connectivity index (χ3v) is 19.4. The smallest absolute Gasteiger partial charge is 0.145 e. The maximum Gasteiger partial charge on any atom is 0.145 e. The molecule has 16 rings (SSSR count). The second-order valence-corrected chi connectivity index (χ2v) is 27.1. The van der Waals surface area contributed by atoms with Crippen LogP contribution in [-0.2, 0) is 16.2 Å². The van der Waals surface area contributed by atoms with Crippen LogP contribution in [0.4, 0.5) is 34.4 Å². The maximum atomic E-state index is 7.65. The first-order valence-corrected chi connectivity index (χ1v) is 31.6. The standard InChI is InChI=1S/C85H70N4O/c1-51-45-69(60-25-13-11-23-53(60)3)81(86-49-51)88(57-39-35-55(36-40-57)83(5,6)7)59-43-44-66-68(47-59)62-27-15-16-30-65(62)77-78-73(85(79(66)77)71-32-20-17-28-63(71)64-29-18-21-33-72(64)85)48-74(76-67-31-19-22-34-75(67)90-80(76)78)89(58-41-37-56(38-42-58)84(8,9)10)82-70(46-52(2)50-87-82)61-26-14-12-24-54(61)4/h11-50H,1-10H3. The van der Waals surface area contributed by atoms with Crippen molar-refractivity contribution in [3.63, 3.8) is 0 Å². The summed E-state index contributed by atoms with van der Waals surface area (Å²) in [6.07, 6.45) is 4.04. The fraction of sp³-hybridized carbons (Fsp3) is 0.153. The van der Waals surface area contributed by atoms with Gasteiger partial charge >= 0.3 is 0 Å². The fourth-order valence-corrected chi connectivity index (χ4v) is 15.1. The maximum absolute atomic E-state index is 7.65. The monoisotopic (exact) mass is 1160 g/mol. The van der Waals surface area contributed by atoms with Gasteiger partial charge in [0.05, 0.1) is 16.5 Å². The SMILES string of the molecule is Cc1cnc(N(c2ccc(C(C)(C)C)cc2)c2ccc3c4c(c5ccccc5c3c2)-c2c(cc(N(c3ccc(C(C)(C)C)cc3)c3ncc(C)cc3-c3ccccc3C)c3c2oc2ccccc23)C42c3ccccc3-c3ccccc32)c(-c2ccccc2C)c1. The first-order chi connectivity index (χ1) is 43.6. The van der Waals surface area contributed by atoms with E-state index < -0.39 is 5.41 Å². The summed E-state index contributed by atoms with van der Waals surface area (Å²) in [4.78, 5) is 15.8. The predicted molar refractivity (Wildman–Crippen MR) is 377 cm³/mol. The molecular weight excluding hydrogens is 1090 g/mol. The van der Waals surface area contributed by atoms with Crippen LogP contribution in [-0.4, -0.2) is 9.97 Å². The number of aryl methyl sites for hydroxylation is 4. The number of furan rings is 1. The number of benzene rings is 11. The van der Waals surface area contributed by atoms with Crippen LogP contribution in [0.15, 0.2) is 247 Å². The lowest BCUT2D eigenvalue weighted by Crippen LogP contribution is -2.27. The average molecular weight is 1160 g/mol. The minimum atomic E-state index is -0.829. The average Bonchev–Trinajstić information content (AvgIpc) is 1.48. The van der Waals surface area contributed by atoms with Gasteiger partial charge in [0.1, 0.15) is 22.8 Å². The quantitative estimate of drug-likeness (QED) is 0.142. The summed E-state index contributed by atoms with van der Waals surface area (Å²) in [6, 6.07) is 86.2. The lowest BCUT2D eigenvalue weighted by atomic mass is 9.69. The topological polar surface area (TPSA) is 45.4 Å². The third kappa shape index (κ3) is 8.28. The van der Waals surface area contributed by atoms with E-state index in [2.05, 4.69) is 310 Å². The zero-order valence-corrected chi connectivity index (χ0v) is 52.8. The van der Waals surface area contributed by atoms with Crippen LogP contribution in [0.5, 0.6) is 0 Å². The zero-order chi connectivity index (χ0) is 61.5. The van der Waals surface area contributed by atoms with E-state index in [9.17, 15) is 0 Å². The van der Waals surface area contributed by atoms with Gasteiger partial charge in [0.2, 0.25) is 0 Å². The molecule has 2 aliphatic rings. The molecule has 11 aromatic carbocycles. The number of anilines is 6. The number of hydrogen-bond acceptors (Lipinski definition) is 5. The second kappa shape index (κ2) is 20.3. The van der Waals surface area contributed by atoms with Gasteiger partial charge in [0, 0.05) is 51.5 Å². The Morgan fingerprint density at radius 3 is 1.39 bits per heavy atom. The predicted octanol–water partition coefficient (Wildman–Crippen LogP) is 23.1. The second-order valence-electron chi connectivity index (χ2n) is 27.1. The lowest BCUT2D eigenvalue weighted by Gasteiger charge is -2.34. The Bertz CT molecular complexity index is 5220. The van der Waals surface area contributed by atoms with E-state index in [0.29, 0.717) is 0 Å². The first kappa shape index (κ1) is 55.0. The molecule has 14 aromatic rings. The van der Waals surface area contributed by atoms with Gasteiger partial charge in [-0.3, -0.25) is 9.80 Å². The van der Waals surface area contributed by atoms with Gasteiger partial charge in [0.25, 0.3) is 0 Å². The molecule has 2 aliphatic carbocycles. The summed E-state index contributed by atoms with van der Waals surface area (Å²) in [5.74, 6) is 1.72. The summed E-state index contributed by atoms with van der Waals surface area (Å²) in [7, 11) is 0. The number of hydrogen-bond donors (Lipinski definition) is 0. The lowest BCUT2D eigenvalue weighted by molar-refractivity contribution is 0.590. The molecule has 1 spiro atoms. The molecule has 0 radical (unpaired) electrons. The molecule has 5 heteroatoms.